The number of hydrogen-bond acceptors (Lipinski definition) is 5. The zero-order valence-electron chi connectivity index (χ0n) is 9.43. The number of oxime groups is 1. The number of nitrogens with two attached hydrogens (primary N) is 2. The average Bonchev–Trinajstić information content (AvgIpc) is 2.34. The van der Waals surface area contributed by atoms with Gasteiger partial charge in [-0.25, -0.2) is 0 Å². The third-order valence-corrected chi connectivity index (χ3v) is 2.05. The molecule has 0 fully saturated rings. The molecule has 1 atom stereocenters. The van der Waals surface area contributed by atoms with Crippen LogP contribution in [0.4, 0.5) is 0 Å². The number of carboxylic acid groups (broad SMARTS) is 1. The van der Waals surface area contributed by atoms with Crippen LogP contribution in [0.25, 0.3) is 0 Å². The Hall–Kier alpha value is -2.32. The predicted octanol–water partition coefficient (Wildman–Crippen LogP) is -0.506. The van der Waals surface area contributed by atoms with Crippen molar-refractivity contribution < 1.29 is 20.0 Å². The molecule has 8 heteroatoms. The molecule has 6 N–H and O–H groups in total. The first-order valence-corrected chi connectivity index (χ1v) is 5.01. The summed E-state index contributed by atoms with van der Waals surface area (Å²) >= 11 is 0. The van der Waals surface area contributed by atoms with Gasteiger partial charge in [0.1, 0.15) is 0 Å². The molecule has 1 aromatic carbocycles. The van der Waals surface area contributed by atoms with E-state index in [1.165, 1.54) is 0 Å². The molecular formula is C10H14N4O4. The lowest BCUT2D eigenvalue weighted by Gasteiger charge is -2.18. The van der Waals surface area contributed by atoms with Crippen LogP contribution in [0.15, 0.2) is 35.5 Å². The van der Waals surface area contributed by atoms with Crippen molar-refractivity contribution in [1.29, 1.82) is 0 Å². The maximum atomic E-state index is 11.0. The molecular weight excluding hydrogens is 240 g/mol. The Morgan fingerprint density at radius 2 is 2.00 bits per heavy atom. The maximum absolute atomic E-state index is 11.0. The molecule has 1 aromatic rings. The number of hydrogen-bond donors (Lipinski definition) is 4. The molecule has 98 valence electrons. The van der Waals surface area contributed by atoms with Crippen molar-refractivity contribution in [1.82, 2.24) is 5.23 Å². The first-order valence-electron chi connectivity index (χ1n) is 5.01. The number of benzene rings is 1. The molecule has 8 nitrogen and oxygen atoms in total. The van der Waals surface area contributed by atoms with Crippen LogP contribution in [-0.2, 0) is 16.2 Å². The molecule has 0 aromatic heterocycles. The SMILES string of the molecule is NC(N)=NON(O)[C@@H](Cc1ccccc1)C(=O)O. The van der Waals surface area contributed by atoms with Gasteiger partial charge in [0, 0.05) is 11.6 Å². The number of guanidine groups is 1. The van der Waals surface area contributed by atoms with Gasteiger partial charge in [-0.1, -0.05) is 30.3 Å². The molecule has 0 saturated carbocycles. The molecule has 0 spiro atoms. The van der Waals surface area contributed by atoms with Crippen molar-refractivity contribution >= 4 is 11.9 Å². The summed E-state index contributed by atoms with van der Waals surface area (Å²) in [5, 5.41) is 21.5. The quantitative estimate of drug-likeness (QED) is 0.305. The molecule has 0 heterocycles. The standard InChI is InChI=1S/C10H14N4O4/c11-10(12)13-18-14(17)8(9(15)16)6-7-4-2-1-3-5-7/h1-5,8,17H,6H2,(H,15,16)(H4,11,12,13)/t8-/m0/s1. The Labute approximate surface area is 103 Å². The minimum Gasteiger partial charge on any atom is -0.480 e. The molecule has 0 aliphatic heterocycles. The molecule has 0 aliphatic carbocycles. The van der Waals surface area contributed by atoms with Gasteiger partial charge in [-0.2, -0.15) is 0 Å². The van der Waals surface area contributed by atoms with Gasteiger partial charge in [0.2, 0.25) is 5.96 Å². The van der Waals surface area contributed by atoms with Crippen LogP contribution in [-0.4, -0.2) is 33.5 Å². The molecule has 0 radical (unpaired) electrons. The number of carbonyl (C=O) groups is 1. The van der Waals surface area contributed by atoms with Crippen LogP contribution in [0.3, 0.4) is 0 Å². The van der Waals surface area contributed by atoms with E-state index < -0.39 is 18.0 Å². The van der Waals surface area contributed by atoms with E-state index in [9.17, 15) is 10.0 Å². The van der Waals surface area contributed by atoms with Crippen LogP contribution in [0, 0.1) is 0 Å². The Morgan fingerprint density at radius 3 is 2.50 bits per heavy atom. The van der Waals surface area contributed by atoms with Crippen molar-refractivity contribution in [2.75, 3.05) is 0 Å². The zero-order valence-corrected chi connectivity index (χ0v) is 9.43. The highest BCUT2D eigenvalue weighted by atomic mass is 17.0. The second kappa shape index (κ2) is 6.42. The monoisotopic (exact) mass is 254 g/mol. The molecule has 0 saturated heterocycles. The lowest BCUT2D eigenvalue weighted by atomic mass is 10.1. The fraction of sp³-hybridized carbons (Fsp3) is 0.200. The molecule has 1 rings (SSSR count). The highest BCUT2D eigenvalue weighted by Gasteiger charge is 2.27. The van der Waals surface area contributed by atoms with Crippen LogP contribution in [0.1, 0.15) is 5.56 Å². The van der Waals surface area contributed by atoms with Gasteiger partial charge in [0.15, 0.2) is 6.04 Å². The molecule has 0 aliphatic rings. The summed E-state index contributed by atoms with van der Waals surface area (Å²) < 4.78 is 0. The van der Waals surface area contributed by atoms with Crippen molar-refractivity contribution in [3.8, 4) is 0 Å². The number of rotatable bonds is 6. The van der Waals surface area contributed by atoms with E-state index in [1.807, 2.05) is 0 Å². The number of carboxylic acids is 1. The maximum Gasteiger partial charge on any atom is 0.327 e. The fourth-order valence-electron chi connectivity index (χ4n) is 1.24. The Balaban J connectivity index is 2.71. The van der Waals surface area contributed by atoms with Gasteiger partial charge in [-0.15, -0.1) is 0 Å². The summed E-state index contributed by atoms with van der Waals surface area (Å²) in [6.07, 6.45) is 0.0344. The normalized spacial score (nSPS) is 11.9. The minimum atomic E-state index is -1.32. The van der Waals surface area contributed by atoms with Crippen LogP contribution in [0.5, 0.6) is 0 Å². The summed E-state index contributed by atoms with van der Waals surface area (Å²) in [6.45, 7) is 0. The summed E-state index contributed by atoms with van der Waals surface area (Å²) in [5.74, 6) is -1.70. The molecule has 0 bridgehead atoms. The van der Waals surface area contributed by atoms with Crippen LogP contribution < -0.4 is 11.5 Å². The first-order chi connectivity index (χ1) is 8.50. The second-order valence-corrected chi connectivity index (χ2v) is 3.44. The lowest BCUT2D eigenvalue weighted by Crippen LogP contribution is -2.40. The molecule has 0 amide bonds. The van der Waals surface area contributed by atoms with Crippen LogP contribution in [0.2, 0.25) is 0 Å². The van der Waals surface area contributed by atoms with Crippen molar-refractivity contribution in [3.05, 3.63) is 35.9 Å². The third-order valence-electron chi connectivity index (χ3n) is 2.05. The number of hydroxylamine groups is 2. The van der Waals surface area contributed by atoms with Crippen molar-refractivity contribution in [2.45, 2.75) is 12.5 Å². The van der Waals surface area contributed by atoms with E-state index in [0.29, 0.717) is 0 Å². The van der Waals surface area contributed by atoms with Gasteiger partial charge < -0.3 is 16.6 Å². The Morgan fingerprint density at radius 1 is 1.39 bits per heavy atom. The van der Waals surface area contributed by atoms with E-state index in [1.54, 1.807) is 30.3 Å². The van der Waals surface area contributed by atoms with E-state index in [2.05, 4.69) is 10.1 Å². The fourth-order valence-corrected chi connectivity index (χ4v) is 1.24. The van der Waals surface area contributed by atoms with Gasteiger partial charge in [0.25, 0.3) is 0 Å². The highest BCUT2D eigenvalue weighted by molar-refractivity contribution is 5.75. The Kier molecular flexibility index (Phi) is 4.90. The summed E-state index contributed by atoms with van der Waals surface area (Å²) in [6, 6.07) is 7.44. The Bertz CT molecular complexity index is 419. The summed E-state index contributed by atoms with van der Waals surface area (Å²) in [5.41, 5.74) is 10.7. The lowest BCUT2D eigenvalue weighted by molar-refractivity contribution is -0.358. The van der Waals surface area contributed by atoms with Crippen LogP contribution >= 0.6 is 0 Å². The average molecular weight is 254 g/mol. The van der Waals surface area contributed by atoms with E-state index in [0.717, 1.165) is 5.56 Å². The van der Waals surface area contributed by atoms with Gasteiger partial charge in [0.05, 0.1) is 0 Å². The topological polar surface area (TPSA) is 134 Å². The molecule has 0 unspecified atom stereocenters. The van der Waals surface area contributed by atoms with Crippen molar-refractivity contribution in [2.24, 2.45) is 16.6 Å². The number of nitrogens with zero attached hydrogens (tertiary/aromatic N) is 2. The highest BCUT2D eigenvalue weighted by Crippen LogP contribution is 2.08. The van der Waals surface area contributed by atoms with Gasteiger partial charge in [-0.3, -0.25) is 14.9 Å². The first kappa shape index (κ1) is 13.7. The molecule has 18 heavy (non-hydrogen) atoms. The van der Waals surface area contributed by atoms with E-state index in [-0.39, 0.29) is 11.6 Å². The second-order valence-electron chi connectivity index (χ2n) is 3.44. The third kappa shape index (κ3) is 4.28. The van der Waals surface area contributed by atoms with Gasteiger partial charge >= 0.3 is 5.97 Å². The van der Waals surface area contributed by atoms with E-state index in [4.69, 9.17) is 16.6 Å². The largest absolute Gasteiger partial charge is 0.480 e. The summed E-state index contributed by atoms with van der Waals surface area (Å²) in [4.78, 5) is 15.3. The zero-order chi connectivity index (χ0) is 13.5. The summed E-state index contributed by atoms with van der Waals surface area (Å²) in [7, 11) is 0. The van der Waals surface area contributed by atoms with E-state index >= 15 is 0 Å². The van der Waals surface area contributed by atoms with Crippen molar-refractivity contribution in [3.63, 3.8) is 0 Å². The minimum absolute atomic E-state index is 0.0344. The number of aliphatic carboxylic acids is 1. The van der Waals surface area contributed by atoms with Gasteiger partial charge in [-0.05, 0) is 10.7 Å². The smallest absolute Gasteiger partial charge is 0.327 e. The predicted molar refractivity (Wildman–Crippen MR) is 62.1 cm³/mol.